The fourth-order valence-electron chi connectivity index (χ4n) is 3.29. The van der Waals surface area contributed by atoms with Gasteiger partial charge in [-0.25, -0.2) is 0 Å². The molecule has 170 valence electrons. The van der Waals surface area contributed by atoms with Crippen molar-refractivity contribution in [1.82, 2.24) is 24.5 Å². The molecule has 0 saturated heterocycles. The van der Waals surface area contributed by atoms with E-state index in [9.17, 15) is 18.4 Å². The maximum atomic E-state index is 12.8. The predicted molar refractivity (Wildman–Crippen MR) is 121 cm³/mol. The highest BCUT2D eigenvalue weighted by atomic mass is 32.2. The average Bonchev–Trinajstić information content (AvgIpc) is 3.23. The van der Waals surface area contributed by atoms with E-state index in [0.717, 1.165) is 5.56 Å². The van der Waals surface area contributed by atoms with Crippen LogP contribution in [-0.2, 0) is 17.9 Å². The lowest BCUT2D eigenvalue weighted by Crippen LogP contribution is -2.25. The molecule has 0 aliphatic heterocycles. The van der Waals surface area contributed by atoms with Gasteiger partial charge in [-0.3, -0.25) is 18.6 Å². The first kappa shape index (κ1) is 22.5. The Morgan fingerprint density at radius 3 is 2.67 bits per heavy atom. The number of allylic oxidation sites excluding steroid dienone is 1. The summed E-state index contributed by atoms with van der Waals surface area (Å²) >= 11 is 1.19. The Hall–Kier alpha value is -3.73. The van der Waals surface area contributed by atoms with Gasteiger partial charge in [0.2, 0.25) is 11.7 Å². The van der Waals surface area contributed by atoms with Gasteiger partial charge in [0.25, 0.3) is 5.56 Å². The van der Waals surface area contributed by atoms with E-state index in [1.807, 2.05) is 6.07 Å². The summed E-state index contributed by atoms with van der Waals surface area (Å²) in [5.41, 5.74) is 1.20. The van der Waals surface area contributed by atoms with Gasteiger partial charge >= 0.3 is 6.61 Å². The van der Waals surface area contributed by atoms with Crippen LogP contribution < -0.4 is 15.6 Å². The third-order valence-electron chi connectivity index (χ3n) is 4.76. The van der Waals surface area contributed by atoms with Gasteiger partial charge in [0.05, 0.1) is 16.7 Å². The number of carbonyl (C=O) groups is 1. The van der Waals surface area contributed by atoms with Crippen LogP contribution in [-0.4, -0.2) is 37.4 Å². The first-order valence-electron chi connectivity index (χ1n) is 9.88. The van der Waals surface area contributed by atoms with Gasteiger partial charge in [-0.15, -0.1) is 16.8 Å². The van der Waals surface area contributed by atoms with Crippen molar-refractivity contribution in [3.63, 3.8) is 0 Å². The van der Waals surface area contributed by atoms with Crippen molar-refractivity contribution < 1.29 is 18.3 Å². The molecule has 0 bridgehead atoms. The molecule has 0 unspecified atom stereocenters. The number of rotatable bonds is 9. The lowest BCUT2D eigenvalue weighted by atomic mass is 10.2. The summed E-state index contributed by atoms with van der Waals surface area (Å²) in [6, 6.07) is 13.2. The highest BCUT2D eigenvalue weighted by Crippen LogP contribution is 2.21. The first-order chi connectivity index (χ1) is 16.0. The molecule has 1 amide bonds. The van der Waals surface area contributed by atoms with Gasteiger partial charge in [-0.05, 0) is 29.8 Å². The van der Waals surface area contributed by atoms with Gasteiger partial charge in [-0.1, -0.05) is 42.1 Å². The maximum Gasteiger partial charge on any atom is 0.387 e. The number of hydrogen-bond acceptors (Lipinski definition) is 6. The van der Waals surface area contributed by atoms with Gasteiger partial charge in [0, 0.05) is 13.1 Å². The second kappa shape index (κ2) is 9.82. The van der Waals surface area contributed by atoms with E-state index in [2.05, 4.69) is 26.8 Å². The number of aromatic nitrogens is 4. The van der Waals surface area contributed by atoms with E-state index >= 15 is 0 Å². The molecule has 0 radical (unpaired) electrons. The zero-order valence-electron chi connectivity index (χ0n) is 17.3. The summed E-state index contributed by atoms with van der Waals surface area (Å²) in [6.07, 6.45) is 1.61. The number of para-hydroxylation sites is 1. The molecule has 0 atom stereocenters. The number of benzene rings is 2. The minimum absolute atomic E-state index is 0.0523. The van der Waals surface area contributed by atoms with Crippen LogP contribution in [0.3, 0.4) is 0 Å². The van der Waals surface area contributed by atoms with Gasteiger partial charge in [0.15, 0.2) is 5.16 Å². The predicted octanol–water partition coefficient (Wildman–Crippen LogP) is 3.24. The molecule has 2 heterocycles. The SMILES string of the molecule is C=CCn1c(=O)c2ccccc2n2c(SCC(=O)NCc3ccc(OC(F)F)cc3)nnc12. The molecule has 8 nitrogen and oxygen atoms in total. The van der Waals surface area contributed by atoms with Crippen LogP contribution in [0, 0.1) is 0 Å². The highest BCUT2D eigenvalue weighted by molar-refractivity contribution is 7.99. The molecular formula is C22H19F2N5O3S. The van der Waals surface area contributed by atoms with Crippen LogP contribution in [0.4, 0.5) is 8.78 Å². The number of nitrogens with one attached hydrogen (secondary N) is 1. The Bertz CT molecular complexity index is 1370. The van der Waals surface area contributed by atoms with Crippen LogP contribution in [0.5, 0.6) is 5.75 Å². The van der Waals surface area contributed by atoms with Gasteiger partial charge in [-0.2, -0.15) is 8.78 Å². The van der Waals surface area contributed by atoms with Crippen molar-refractivity contribution >= 4 is 34.3 Å². The van der Waals surface area contributed by atoms with E-state index in [1.54, 1.807) is 40.8 Å². The Balaban J connectivity index is 1.48. The van der Waals surface area contributed by atoms with Crippen molar-refractivity contribution in [2.45, 2.75) is 24.9 Å². The lowest BCUT2D eigenvalue weighted by Gasteiger charge is -2.10. The molecule has 0 aliphatic carbocycles. The van der Waals surface area contributed by atoms with E-state index in [1.165, 1.54) is 28.5 Å². The highest BCUT2D eigenvalue weighted by Gasteiger charge is 2.17. The molecule has 2 aromatic heterocycles. The van der Waals surface area contributed by atoms with Crippen molar-refractivity contribution in [3.05, 3.63) is 77.1 Å². The van der Waals surface area contributed by atoms with Crippen molar-refractivity contribution in [2.24, 2.45) is 0 Å². The molecule has 0 saturated carbocycles. The molecule has 2 aromatic carbocycles. The van der Waals surface area contributed by atoms with Crippen LogP contribution in [0.25, 0.3) is 16.7 Å². The standard InChI is InChI=1S/C22H19F2N5O3S/c1-2-11-28-19(31)16-5-3-4-6-17(16)29-21(28)26-27-22(29)33-13-18(30)25-12-14-7-9-15(10-8-14)32-20(23)24/h2-10,20H,1,11-13H2,(H,25,30). The van der Waals surface area contributed by atoms with Crippen LogP contribution >= 0.6 is 11.8 Å². The van der Waals surface area contributed by atoms with Crippen LogP contribution in [0.2, 0.25) is 0 Å². The number of amides is 1. The molecule has 0 fully saturated rings. The third-order valence-corrected chi connectivity index (χ3v) is 5.69. The number of ether oxygens (including phenoxy) is 1. The number of thioether (sulfide) groups is 1. The van der Waals surface area contributed by atoms with Gasteiger partial charge < -0.3 is 10.1 Å². The van der Waals surface area contributed by atoms with Crippen LogP contribution in [0.1, 0.15) is 5.56 Å². The quantitative estimate of drug-likeness (QED) is 0.298. The molecule has 0 aliphatic rings. The first-order valence-corrected chi connectivity index (χ1v) is 10.9. The summed E-state index contributed by atoms with van der Waals surface area (Å²) in [7, 11) is 0. The number of alkyl halides is 2. The monoisotopic (exact) mass is 471 g/mol. The van der Waals surface area contributed by atoms with Gasteiger partial charge in [0.1, 0.15) is 5.75 Å². The number of nitrogens with zero attached hydrogens (tertiary/aromatic N) is 4. The fraction of sp³-hybridized carbons (Fsp3) is 0.182. The second-order valence-electron chi connectivity index (χ2n) is 6.93. The maximum absolute atomic E-state index is 12.8. The Kier molecular flexibility index (Phi) is 6.68. The topological polar surface area (TPSA) is 90.5 Å². The largest absolute Gasteiger partial charge is 0.435 e. The van der Waals surface area contributed by atoms with Crippen LogP contribution in [0.15, 0.2) is 71.1 Å². The molecule has 33 heavy (non-hydrogen) atoms. The lowest BCUT2D eigenvalue weighted by molar-refractivity contribution is -0.118. The summed E-state index contributed by atoms with van der Waals surface area (Å²) in [5, 5.41) is 12.1. The van der Waals surface area contributed by atoms with E-state index in [4.69, 9.17) is 0 Å². The molecule has 0 spiro atoms. The second-order valence-corrected chi connectivity index (χ2v) is 7.87. The van der Waals surface area contributed by atoms with Crippen molar-refractivity contribution in [2.75, 3.05) is 5.75 Å². The minimum atomic E-state index is -2.88. The van der Waals surface area contributed by atoms with E-state index in [-0.39, 0.29) is 36.1 Å². The molecule has 4 aromatic rings. The summed E-state index contributed by atoms with van der Waals surface area (Å²) in [6.45, 7) is 1.32. The molecular weight excluding hydrogens is 452 g/mol. The zero-order valence-corrected chi connectivity index (χ0v) is 18.1. The smallest absolute Gasteiger partial charge is 0.387 e. The zero-order chi connectivity index (χ0) is 23.4. The number of carbonyl (C=O) groups excluding carboxylic acids is 1. The van der Waals surface area contributed by atoms with Crippen molar-refractivity contribution in [3.8, 4) is 5.75 Å². The Morgan fingerprint density at radius 1 is 1.18 bits per heavy atom. The molecule has 1 N–H and O–H groups in total. The van der Waals surface area contributed by atoms with E-state index < -0.39 is 6.61 Å². The van der Waals surface area contributed by atoms with Crippen molar-refractivity contribution in [1.29, 1.82) is 0 Å². The number of hydrogen-bond donors (Lipinski definition) is 1. The Labute approximate surface area is 190 Å². The fourth-order valence-corrected chi connectivity index (χ4v) is 4.06. The molecule has 11 heteroatoms. The summed E-state index contributed by atoms with van der Waals surface area (Å²) in [4.78, 5) is 25.2. The minimum Gasteiger partial charge on any atom is -0.435 e. The Morgan fingerprint density at radius 2 is 1.94 bits per heavy atom. The molecule has 4 rings (SSSR count). The summed E-state index contributed by atoms with van der Waals surface area (Å²) < 4.78 is 32.0. The normalized spacial score (nSPS) is 11.2. The van der Waals surface area contributed by atoms with E-state index in [0.29, 0.717) is 21.8 Å². The third kappa shape index (κ3) is 4.87. The number of fused-ring (bicyclic) bond motifs is 3. The summed E-state index contributed by atoms with van der Waals surface area (Å²) in [5.74, 6) is 0.250. The number of halogens is 2. The average molecular weight is 471 g/mol.